The van der Waals surface area contributed by atoms with Crippen molar-refractivity contribution in [2.75, 3.05) is 84.2 Å². The lowest BCUT2D eigenvalue weighted by Gasteiger charge is -2.27. The van der Waals surface area contributed by atoms with Crippen LogP contribution in [0.15, 0.2) is 43.0 Å². The van der Waals surface area contributed by atoms with Crippen molar-refractivity contribution in [1.29, 1.82) is 0 Å². The number of aromatic amines is 2. The van der Waals surface area contributed by atoms with Crippen molar-refractivity contribution < 1.29 is 77.6 Å². The lowest BCUT2D eigenvalue weighted by atomic mass is 10.0. The number of imidazole rings is 1. The summed E-state index contributed by atoms with van der Waals surface area (Å²) < 4.78 is 0. The predicted molar refractivity (Wildman–Crippen MR) is 351 cm³/mol. The Morgan fingerprint density at radius 3 is 1.66 bits per heavy atom. The second kappa shape index (κ2) is 41.2. The van der Waals surface area contributed by atoms with E-state index in [0.29, 0.717) is 54.1 Å². The average molecular weight is 1370 g/mol. The van der Waals surface area contributed by atoms with Crippen LogP contribution in [0.5, 0.6) is 0 Å². The summed E-state index contributed by atoms with van der Waals surface area (Å²) in [5.74, 6) is -12.1. The molecule has 532 valence electrons. The minimum absolute atomic E-state index is 0.113. The SMILES string of the molecule is CSCC[C@H](NC(=O)[C@H](CC(C)C)NC(=O)[C@H](Cc1cnc[nH]1)NC(=O)CNC(=O)[C@@H](NC(=O)[C@H](C)NC(=O)[C@H](Cc1c[nH]c2ccccc12)NC(=O)[C@H](CCC(N)=O)NC(=O)[C@H](CO)NC(=O)[C@H](CO)NC(=O)[C@H](CO)NC(=O)CN1CCNCCNCC1)C(C)C)C(N)=O. The summed E-state index contributed by atoms with van der Waals surface area (Å²) >= 11 is 1.45. The van der Waals surface area contributed by atoms with Gasteiger partial charge in [0.2, 0.25) is 76.8 Å². The monoisotopic (exact) mass is 1370 g/mol. The molecule has 0 unspecified atom stereocenters. The number of primary amides is 2. The van der Waals surface area contributed by atoms with E-state index in [1.54, 1.807) is 44.3 Å². The molecule has 35 nitrogen and oxygen atoms in total. The van der Waals surface area contributed by atoms with E-state index in [9.17, 15) is 77.6 Å². The van der Waals surface area contributed by atoms with Crippen molar-refractivity contribution in [2.24, 2.45) is 23.3 Å². The number of fused-ring (bicyclic) bond motifs is 1. The molecule has 0 bridgehead atoms. The van der Waals surface area contributed by atoms with Crippen molar-refractivity contribution in [1.82, 2.24) is 89.0 Å². The van der Waals surface area contributed by atoms with E-state index in [1.807, 2.05) is 25.0 Å². The third-order valence-corrected chi connectivity index (χ3v) is 15.9. The fourth-order valence-electron chi connectivity index (χ4n) is 9.88. The minimum Gasteiger partial charge on any atom is -0.394 e. The van der Waals surface area contributed by atoms with E-state index in [4.69, 9.17) is 11.5 Å². The second-order valence-electron chi connectivity index (χ2n) is 23.8. The number of H-pyrrole nitrogens is 2. The summed E-state index contributed by atoms with van der Waals surface area (Å²) in [6.07, 6.45) is 5.19. The van der Waals surface area contributed by atoms with E-state index in [0.717, 1.165) is 13.1 Å². The molecule has 22 N–H and O–H groups in total. The number of amides is 13. The number of hydrogen-bond donors (Lipinski definition) is 20. The van der Waals surface area contributed by atoms with Crippen molar-refractivity contribution in [3.8, 4) is 0 Å². The lowest BCUT2D eigenvalue weighted by molar-refractivity contribution is -0.137. The largest absolute Gasteiger partial charge is 0.394 e. The van der Waals surface area contributed by atoms with Gasteiger partial charge < -0.3 is 106 Å². The fourth-order valence-corrected chi connectivity index (χ4v) is 10.4. The maximum absolute atomic E-state index is 14.4. The molecule has 0 spiro atoms. The van der Waals surface area contributed by atoms with Crippen LogP contribution in [0.3, 0.4) is 0 Å². The Kier molecular flexibility index (Phi) is 34.2. The lowest BCUT2D eigenvalue weighted by Crippen LogP contribution is -2.61. The molecular weight excluding hydrogens is 1270 g/mol. The molecule has 4 rings (SSSR count). The van der Waals surface area contributed by atoms with Gasteiger partial charge in [-0.25, -0.2) is 4.98 Å². The molecule has 10 atom stereocenters. The van der Waals surface area contributed by atoms with Gasteiger partial charge in [0.15, 0.2) is 0 Å². The Bertz CT molecular complexity index is 3090. The van der Waals surface area contributed by atoms with Crippen LogP contribution in [-0.4, -0.2) is 257 Å². The van der Waals surface area contributed by atoms with Crippen LogP contribution in [0.2, 0.25) is 0 Å². The predicted octanol–water partition coefficient (Wildman–Crippen LogP) is -7.66. The maximum atomic E-state index is 14.4. The molecular formula is C60H95N19O16S. The van der Waals surface area contributed by atoms with Crippen LogP contribution in [0, 0.1) is 11.8 Å². The minimum atomic E-state index is -1.88. The molecule has 1 aliphatic rings. The van der Waals surface area contributed by atoms with Crippen LogP contribution in [0.4, 0.5) is 0 Å². The Hall–Kier alpha value is -8.81. The average Bonchev–Trinajstić information content (AvgIpc) is 1.64. The van der Waals surface area contributed by atoms with E-state index in [1.165, 1.54) is 31.2 Å². The Labute approximate surface area is 559 Å². The zero-order valence-electron chi connectivity index (χ0n) is 54.8. The molecule has 1 saturated heterocycles. The van der Waals surface area contributed by atoms with Gasteiger partial charge in [-0.05, 0) is 61.7 Å². The molecule has 13 amide bonds. The van der Waals surface area contributed by atoms with Crippen LogP contribution in [-0.2, 0) is 75.2 Å². The number of aromatic nitrogens is 3. The summed E-state index contributed by atoms with van der Waals surface area (Å²) in [4.78, 5) is 187. The molecule has 1 aromatic carbocycles. The molecule has 3 heterocycles. The number of hydrogen-bond acceptors (Lipinski definition) is 21. The van der Waals surface area contributed by atoms with Gasteiger partial charge in [0, 0.05) is 87.5 Å². The molecule has 0 saturated carbocycles. The van der Waals surface area contributed by atoms with Crippen molar-refractivity contribution in [2.45, 2.75) is 134 Å². The summed E-state index contributed by atoms with van der Waals surface area (Å²) in [5, 5.41) is 64.6. The summed E-state index contributed by atoms with van der Waals surface area (Å²) in [6, 6.07) is -7.81. The van der Waals surface area contributed by atoms with E-state index >= 15 is 0 Å². The molecule has 0 radical (unpaired) electrons. The normalized spacial score (nSPS) is 15.9. The van der Waals surface area contributed by atoms with Gasteiger partial charge >= 0.3 is 0 Å². The number of carbonyl (C=O) groups is 13. The van der Waals surface area contributed by atoms with Gasteiger partial charge in [0.25, 0.3) is 0 Å². The Morgan fingerprint density at radius 2 is 1.09 bits per heavy atom. The van der Waals surface area contributed by atoms with Crippen molar-refractivity contribution in [3.05, 3.63) is 54.2 Å². The molecule has 0 aliphatic carbocycles. The molecule has 36 heteroatoms. The molecule has 1 aliphatic heterocycles. The van der Waals surface area contributed by atoms with E-state index in [-0.39, 0.29) is 38.1 Å². The quantitative estimate of drug-likeness (QED) is 0.0251. The van der Waals surface area contributed by atoms with Crippen LogP contribution in [0.1, 0.15) is 71.6 Å². The van der Waals surface area contributed by atoms with Gasteiger partial charge in [-0.1, -0.05) is 45.9 Å². The van der Waals surface area contributed by atoms with Crippen LogP contribution < -0.4 is 80.6 Å². The summed E-state index contributed by atoms with van der Waals surface area (Å²) in [6.45, 7) is 7.87. The number of nitrogens with one attached hydrogen (secondary N) is 15. The van der Waals surface area contributed by atoms with Gasteiger partial charge in [-0.2, -0.15) is 11.8 Å². The highest BCUT2D eigenvalue weighted by atomic mass is 32.2. The molecule has 1 fully saturated rings. The first kappa shape index (κ1) is 79.6. The smallest absolute Gasteiger partial charge is 0.245 e. The highest BCUT2D eigenvalue weighted by Gasteiger charge is 2.36. The number of aliphatic hydroxyl groups is 3. The van der Waals surface area contributed by atoms with Gasteiger partial charge in [-0.3, -0.25) is 67.2 Å². The van der Waals surface area contributed by atoms with Crippen molar-refractivity contribution >= 4 is 99.5 Å². The number of thioether (sulfide) groups is 1. The summed E-state index contributed by atoms with van der Waals surface area (Å²) in [7, 11) is 0. The third-order valence-electron chi connectivity index (χ3n) is 15.2. The first-order chi connectivity index (χ1) is 45.7. The fraction of sp³-hybridized carbons (Fsp3) is 0.600. The number of nitrogens with two attached hydrogens (primary N) is 2. The standard InChI is InChI=1S/C60H95N19O16S/c1-32(2)21-41(55(90)72-39(51(62)86)13-20-96-6)74-56(91)43(23-36-25-65-31-68-36)70-48(84)26-67-60(95)50(33(3)4)78-52(87)34(5)69-54(89)42(22-35-24-66-38-10-8-7-9-37(35)38)75-53(88)40(11-12-47(61)83)73-58(93)45(29-81)77-59(94)46(30-82)76-57(92)44(28-80)71-49(85)27-79-18-16-63-14-15-64-17-19-79/h7-10,24-25,31-34,39-46,50,63-64,66,80-82H,11-23,26-30H2,1-6H3,(H2,61,83)(H2,62,86)(H,65,68)(H,67,95)(H,69,89)(H,70,84)(H,71,85)(H,72,90)(H,73,93)(H,74,91)(H,75,88)(H,76,92)(H,77,94)(H,78,87)/t34-,39-,40-,41-,42-,43-,44-,45-,46-,50-/m0/s1. The van der Waals surface area contributed by atoms with E-state index < -0.39 is 182 Å². The van der Waals surface area contributed by atoms with Crippen molar-refractivity contribution in [3.63, 3.8) is 0 Å². The molecule has 3 aromatic rings. The molecule has 2 aromatic heterocycles. The number of nitrogens with zero attached hydrogens (tertiary/aromatic N) is 2. The number of aliphatic hydroxyl groups excluding tert-OH is 3. The Morgan fingerprint density at radius 1 is 0.573 bits per heavy atom. The third kappa shape index (κ3) is 27.1. The van der Waals surface area contributed by atoms with Crippen LogP contribution >= 0.6 is 11.8 Å². The topological polar surface area (TPSA) is 539 Å². The van der Waals surface area contributed by atoms with Gasteiger partial charge in [0.05, 0.1) is 39.2 Å². The zero-order chi connectivity index (χ0) is 71.0. The highest BCUT2D eigenvalue weighted by Crippen LogP contribution is 2.20. The first-order valence-electron chi connectivity index (χ1n) is 31.5. The van der Waals surface area contributed by atoms with Gasteiger partial charge in [0.1, 0.15) is 60.4 Å². The Balaban J connectivity index is 1.45. The van der Waals surface area contributed by atoms with Gasteiger partial charge in [-0.15, -0.1) is 0 Å². The molecule has 96 heavy (non-hydrogen) atoms. The number of benzene rings is 1. The number of rotatable bonds is 40. The van der Waals surface area contributed by atoms with Crippen LogP contribution in [0.25, 0.3) is 10.9 Å². The zero-order valence-corrected chi connectivity index (χ0v) is 55.6. The maximum Gasteiger partial charge on any atom is 0.245 e. The number of para-hydroxylation sites is 1. The first-order valence-corrected chi connectivity index (χ1v) is 32.9. The summed E-state index contributed by atoms with van der Waals surface area (Å²) in [5.41, 5.74) is 12.6. The van der Waals surface area contributed by atoms with E-state index in [2.05, 4.69) is 84.1 Å². The highest BCUT2D eigenvalue weighted by molar-refractivity contribution is 7.98. The number of carbonyl (C=O) groups excluding carboxylic acids is 13. The second-order valence-corrected chi connectivity index (χ2v) is 24.8.